The van der Waals surface area contributed by atoms with Crippen LogP contribution in [0, 0.1) is 13.8 Å². The molecule has 1 amide bonds. The Balaban J connectivity index is 1.68. The summed E-state index contributed by atoms with van der Waals surface area (Å²) in [6, 6.07) is 14.2. The van der Waals surface area contributed by atoms with Gasteiger partial charge >= 0.3 is 0 Å². The normalized spacial score (nSPS) is 13.4. The van der Waals surface area contributed by atoms with Crippen LogP contribution >= 0.6 is 0 Å². The number of aryl methyl sites for hydroxylation is 2. The second-order valence-corrected chi connectivity index (χ2v) is 8.80. The third-order valence-corrected chi connectivity index (χ3v) is 6.33. The van der Waals surface area contributed by atoms with Gasteiger partial charge in [0.25, 0.3) is 15.9 Å². The maximum Gasteiger partial charge on any atom is 0.285 e. The number of nitrogens with one attached hydrogen (secondary N) is 1. The van der Waals surface area contributed by atoms with E-state index in [1.165, 1.54) is 12.1 Å². The lowest BCUT2D eigenvalue weighted by Gasteiger charge is -2.07. The molecule has 1 aliphatic rings. The first-order valence-corrected chi connectivity index (χ1v) is 10.6. The highest BCUT2D eigenvalue weighted by molar-refractivity contribution is 7.90. The van der Waals surface area contributed by atoms with E-state index in [1.807, 2.05) is 38.1 Å². The number of carbonyl (C=O) groups excluding carboxylic acids is 1. The highest BCUT2D eigenvalue weighted by Crippen LogP contribution is 2.28. The fourth-order valence-corrected chi connectivity index (χ4v) is 4.42. The number of hydrogen-bond donors (Lipinski definition) is 1. The first kappa shape index (κ1) is 18.4. The van der Waals surface area contributed by atoms with Gasteiger partial charge in [-0.15, -0.1) is 0 Å². The van der Waals surface area contributed by atoms with Gasteiger partial charge in [-0.3, -0.25) is 4.79 Å². The number of fused-ring (bicyclic) bond motifs is 1. The Morgan fingerprint density at radius 1 is 0.964 bits per heavy atom. The van der Waals surface area contributed by atoms with Gasteiger partial charge in [0.05, 0.1) is 10.6 Å². The zero-order chi connectivity index (χ0) is 19.9. The molecule has 1 aliphatic carbocycles. The molecule has 0 aliphatic heterocycles. The molecule has 4 rings (SSSR count). The van der Waals surface area contributed by atoms with E-state index in [1.54, 1.807) is 16.8 Å². The van der Waals surface area contributed by atoms with Gasteiger partial charge in [0.1, 0.15) is 0 Å². The van der Waals surface area contributed by atoms with Crippen molar-refractivity contribution in [3.8, 4) is 5.69 Å². The summed E-state index contributed by atoms with van der Waals surface area (Å²) in [7, 11) is -3.95. The van der Waals surface area contributed by atoms with Gasteiger partial charge in [-0.2, -0.15) is 5.10 Å². The zero-order valence-corrected chi connectivity index (χ0v) is 16.6. The topological polar surface area (TPSA) is 81.1 Å². The maximum absolute atomic E-state index is 12.8. The fraction of sp³-hybridized carbons (Fsp3) is 0.238. The largest absolute Gasteiger partial charge is 0.285 e. The van der Waals surface area contributed by atoms with E-state index in [-0.39, 0.29) is 10.6 Å². The van der Waals surface area contributed by atoms with E-state index in [9.17, 15) is 13.2 Å². The molecule has 1 aromatic heterocycles. The Labute approximate surface area is 164 Å². The number of hydrogen-bond acceptors (Lipinski definition) is 4. The molecule has 1 N–H and O–H groups in total. The van der Waals surface area contributed by atoms with E-state index >= 15 is 0 Å². The lowest BCUT2D eigenvalue weighted by atomic mass is 10.2. The predicted octanol–water partition coefficient (Wildman–Crippen LogP) is 3.10. The summed E-state index contributed by atoms with van der Waals surface area (Å²) in [5.74, 6) is -0.690. The highest BCUT2D eigenvalue weighted by atomic mass is 32.2. The van der Waals surface area contributed by atoms with Crippen LogP contribution in [-0.2, 0) is 22.9 Å². The first-order valence-electron chi connectivity index (χ1n) is 9.17. The van der Waals surface area contributed by atoms with Crippen LogP contribution < -0.4 is 4.72 Å². The Hall–Kier alpha value is -2.93. The van der Waals surface area contributed by atoms with Crippen molar-refractivity contribution in [1.82, 2.24) is 14.5 Å². The quantitative estimate of drug-likeness (QED) is 0.736. The molecule has 1 heterocycles. The SMILES string of the molecule is Cc1ccc(-n2nc(C(=O)NS(=O)(=O)c3ccc(C)cc3)c3c2CCC3)cc1. The molecular formula is C21H21N3O3S. The van der Waals surface area contributed by atoms with Crippen molar-refractivity contribution in [2.75, 3.05) is 0 Å². The van der Waals surface area contributed by atoms with E-state index in [0.29, 0.717) is 6.42 Å². The number of aromatic nitrogens is 2. The number of sulfonamides is 1. The summed E-state index contributed by atoms with van der Waals surface area (Å²) < 4.78 is 29.1. The highest BCUT2D eigenvalue weighted by Gasteiger charge is 2.29. The molecule has 3 aromatic rings. The second-order valence-electron chi connectivity index (χ2n) is 7.12. The third kappa shape index (κ3) is 3.33. The molecule has 0 spiro atoms. The van der Waals surface area contributed by atoms with Crippen LogP contribution in [0.5, 0.6) is 0 Å². The van der Waals surface area contributed by atoms with Crippen molar-refractivity contribution in [3.05, 3.63) is 76.6 Å². The van der Waals surface area contributed by atoms with Gasteiger partial charge in [0.15, 0.2) is 5.69 Å². The lowest BCUT2D eigenvalue weighted by molar-refractivity contribution is 0.0975. The van der Waals surface area contributed by atoms with Crippen molar-refractivity contribution in [2.24, 2.45) is 0 Å². The summed E-state index contributed by atoms with van der Waals surface area (Å²) in [6.07, 6.45) is 2.45. The predicted molar refractivity (Wildman–Crippen MR) is 106 cm³/mol. The average molecular weight is 395 g/mol. The van der Waals surface area contributed by atoms with Crippen LogP contribution in [0.25, 0.3) is 5.69 Å². The van der Waals surface area contributed by atoms with Crippen LogP contribution in [0.3, 0.4) is 0 Å². The summed E-state index contributed by atoms with van der Waals surface area (Å²) in [5, 5.41) is 4.46. The number of carbonyl (C=O) groups is 1. The first-order chi connectivity index (χ1) is 13.3. The van der Waals surface area contributed by atoms with Crippen molar-refractivity contribution < 1.29 is 13.2 Å². The molecule has 0 unspecified atom stereocenters. The van der Waals surface area contributed by atoms with Crippen LogP contribution in [0.4, 0.5) is 0 Å². The van der Waals surface area contributed by atoms with Crippen LogP contribution in [0.1, 0.15) is 39.3 Å². The summed E-state index contributed by atoms with van der Waals surface area (Å²) in [4.78, 5) is 12.8. The van der Waals surface area contributed by atoms with E-state index in [0.717, 1.165) is 40.9 Å². The van der Waals surface area contributed by atoms with Gasteiger partial charge in [-0.05, 0) is 57.4 Å². The Morgan fingerprint density at radius 3 is 2.21 bits per heavy atom. The summed E-state index contributed by atoms with van der Waals surface area (Å²) in [6.45, 7) is 3.88. The minimum absolute atomic E-state index is 0.0565. The molecule has 0 saturated carbocycles. The molecule has 7 heteroatoms. The third-order valence-electron chi connectivity index (χ3n) is 4.98. The van der Waals surface area contributed by atoms with Crippen LogP contribution in [-0.4, -0.2) is 24.1 Å². The van der Waals surface area contributed by atoms with Gasteiger partial charge in [-0.1, -0.05) is 35.4 Å². The van der Waals surface area contributed by atoms with Crippen molar-refractivity contribution in [3.63, 3.8) is 0 Å². The van der Waals surface area contributed by atoms with Gasteiger partial charge in [0.2, 0.25) is 0 Å². The summed E-state index contributed by atoms with van der Waals surface area (Å²) in [5.41, 5.74) is 4.93. The zero-order valence-electron chi connectivity index (χ0n) is 15.8. The molecule has 2 aromatic carbocycles. The molecule has 144 valence electrons. The molecule has 0 fully saturated rings. The molecule has 28 heavy (non-hydrogen) atoms. The van der Waals surface area contributed by atoms with E-state index < -0.39 is 15.9 Å². The Kier molecular flexibility index (Phi) is 4.55. The average Bonchev–Trinajstić information content (AvgIpc) is 3.25. The van der Waals surface area contributed by atoms with E-state index in [4.69, 9.17) is 0 Å². The Morgan fingerprint density at radius 2 is 1.57 bits per heavy atom. The van der Waals surface area contributed by atoms with Gasteiger partial charge in [0, 0.05) is 11.3 Å². The standard InChI is InChI=1S/C21H21N3O3S/c1-14-6-10-16(11-7-14)24-19-5-3-4-18(19)20(22-24)21(25)23-28(26,27)17-12-8-15(2)9-13-17/h6-13H,3-5H2,1-2H3,(H,23,25). The molecule has 6 nitrogen and oxygen atoms in total. The Bertz CT molecular complexity index is 1140. The molecular weight excluding hydrogens is 374 g/mol. The molecule has 0 atom stereocenters. The van der Waals surface area contributed by atoms with Crippen LogP contribution in [0.15, 0.2) is 53.4 Å². The van der Waals surface area contributed by atoms with Crippen molar-refractivity contribution in [1.29, 1.82) is 0 Å². The molecule has 0 saturated heterocycles. The smallest absolute Gasteiger partial charge is 0.266 e. The van der Waals surface area contributed by atoms with Crippen LogP contribution in [0.2, 0.25) is 0 Å². The number of rotatable bonds is 4. The molecule has 0 bridgehead atoms. The fourth-order valence-electron chi connectivity index (χ4n) is 3.47. The molecule has 0 radical (unpaired) electrons. The van der Waals surface area contributed by atoms with Gasteiger partial charge < -0.3 is 0 Å². The number of amides is 1. The van der Waals surface area contributed by atoms with Crippen molar-refractivity contribution >= 4 is 15.9 Å². The minimum Gasteiger partial charge on any atom is -0.266 e. The number of benzene rings is 2. The number of nitrogens with zero attached hydrogens (tertiary/aromatic N) is 2. The van der Waals surface area contributed by atoms with E-state index in [2.05, 4.69) is 9.82 Å². The minimum atomic E-state index is -3.95. The monoisotopic (exact) mass is 395 g/mol. The van der Waals surface area contributed by atoms with Crippen molar-refractivity contribution in [2.45, 2.75) is 38.0 Å². The summed E-state index contributed by atoms with van der Waals surface area (Å²) >= 11 is 0. The second kappa shape index (κ2) is 6.91. The lowest BCUT2D eigenvalue weighted by Crippen LogP contribution is -2.31. The maximum atomic E-state index is 12.8. The van der Waals surface area contributed by atoms with Gasteiger partial charge in [-0.25, -0.2) is 17.8 Å².